The Morgan fingerprint density at radius 2 is 1.68 bits per heavy atom. The molecule has 0 aromatic heterocycles. The predicted octanol–water partition coefficient (Wildman–Crippen LogP) is 4.56. The average Bonchev–Trinajstić information content (AvgIpc) is 3.05. The second kappa shape index (κ2) is 7.84. The number of carbonyl (C=O) groups excluding carboxylic acids is 3. The zero-order valence-electron chi connectivity index (χ0n) is 17.6. The molecule has 0 N–H and O–H groups in total. The van der Waals surface area contributed by atoms with E-state index in [0.717, 1.165) is 11.0 Å². The molecular weight excluding hydrogens is 509 g/mol. The number of benzene rings is 3. The number of hydrogen-bond donors (Lipinski definition) is 0. The molecule has 2 atom stereocenters. The molecule has 5 rings (SSSR count). The lowest BCUT2D eigenvalue weighted by Crippen LogP contribution is -2.67. The van der Waals surface area contributed by atoms with Crippen LogP contribution in [0.5, 0.6) is 0 Å². The number of imide groups is 1. The number of β-lactam (4-membered cyclic amide) rings is 1. The highest BCUT2D eigenvalue weighted by Gasteiger charge is 2.58. The second-order valence-electron chi connectivity index (χ2n) is 8.02. The maximum Gasteiger partial charge on any atom is 0.282 e. The van der Waals surface area contributed by atoms with Crippen molar-refractivity contribution in [3.05, 3.63) is 103 Å². The monoisotopic (exact) mass is 523 g/mol. The van der Waals surface area contributed by atoms with Crippen LogP contribution in [0.4, 0.5) is 15.8 Å². The molecule has 0 radical (unpaired) electrons. The number of anilines is 1. The summed E-state index contributed by atoms with van der Waals surface area (Å²) in [4.78, 5) is 52.7. The number of nitrogens with zero attached hydrogens (tertiary/aromatic N) is 3. The molecule has 0 saturated carbocycles. The van der Waals surface area contributed by atoms with Crippen molar-refractivity contribution >= 4 is 45.0 Å². The van der Waals surface area contributed by atoms with Crippen LogP contribution in [0, 0.1) is 22.9 Å². The Kier molecular flexibility index (Phi) is 5.05. The molecule has 0 spiro atoms. The van der Waals surface area contributed by atoms with Gasteiger partial charge in [0.15, 0.2) is 0 Å². The number of rotatable bonds is 4. The Morgan fingerprint density at radius 1 is 0.941 bits per heavy atom. The predicted molar refractivity (Wildman–Crippen MR) is 123 cm³/mol. The number of carbonyl (C=O) groups is 3. The van der Waals surface area contributed by atoms with Crippen molar-refractivity contribution in [2.45, 2.75) is 19.0 Å². The topological polar surface area (TPSA) is 101 Å². The lowest BCUT2D eigenvalue weighted by Gasteiger charge is -2.49. The smallest absolute Gasteiger partial charge is 0.282 e. The number of nitro groups is 1. The van der Waals surface area contributed by atoms with Crippen LogP contribution < -0.4 is 4.90 Å². The Bertz CT molecular complexity index is 1430. The van der Waals surface area contributed by atoms with Gasteiger partial charge in [0, 0.05) is 16.2 Å². The average molecular weight is 524 g/mol. The van der Waals surface area contributed by atoms with Gasteiger partial charge < -0.3 is 4.90 Å². The lowest BCUT2D eigenvalue weighted by molar-refractivity contribution is -0.385. The minimum atomic E-state index is -1.24. The molecule has 2 heterocycles. The Balaban J connectivity index is 1.62. The first-order valence-corrected chi connectivity index (χ1v) is 11.0. The van der Waals surface area contributed by atoms with Crippen LogP contribution >= 0.6 is 15.9 Å². The summed E-state index contributed by atoms with van der Waals surface area (Å²) < 4.78 is 15.0. The van der Waals surface area contributed by atoms with E-state index >= 15 is 0 Å². The van der Waals surface area contributed by atoms with Crippen molar-refractivity contribution in [1.82, 2.24) is 4.90 Å². The number of aryl methyl sites for hydroxylation is 1. The molecule has 1 saturated heterocycles. The maximum atomic E-state index is 14.3. The SMILES string of the molecule is Cc1ccc(N2C(=O)[C@@H](N3C(=O)c4cccc([N+](=O)[O-])c4C3=O)[C@H]2c2cccc(Br)c2)cc1F. The summed E-state index contributed by atoms with van der Waals surface area (Å²) in [6.07, 6.45) is 0. The van der Waals surface area contributed by atoms with Gasteiger partial charge in [0.2, 0.25) is 0 Å². The first-order chi connectivity index (χ1) is 16.2. The van der Waals surface area contributed by atoms with E-state index in [1.54, 1.807) is 37.3 Å². The van der Waals surface area contributed by atoms with Crippen LogP contribution in [-0.4, -0.2) is 33.6 Å². The highest BCUT2D eigenvalue weighted by Crippen LogP contribution is 2.45. The van der Waals surface area contributed by atoms with E-state index in [0.29, 0.717) is 15.6 Å². The summed E-state index contributed by atoms with van der Waals surface area (Å²) in [5, 5.41) is 11.5. The fraction of sp³-hybridized carbons (Fsp3) is 0.125. The molecule has 1 fully saturated rings. The van der Waals surface area contributed by atoms with Crippen LogP contribution in [-0.2, 0) is 4.79 Å². The first-order valence-electron chi connectivity index (χ1n) is 10.2. The summed E-state index contributed by atoms with van der Waals surface area (Å²) in [6, 6.07) is 13.1. The summed E-state index contributed by atoms with van der Waals surface area (Å²) >= 11 is 3.39. The van der Waals surface area contributed by atoms with Crippen molar-refractivity contribution in [3.63, 3.8) is 0 Å². The summed E-state index contributed by atoms with van der Waals surface area (Å²) in [5.41, 5.74) is 0.322. The molecule has 8 nitrogen and oxygen atoms in total. The zero-order chi connectivity index (χ0) is 24.3. The van der Waals surface area contributed by atoms with Crippen molar-refractivity contribution in [3.8, 4) is 0 Å². The van der Waals surface area contributed by atoms with Gasteiger partial charge in [-0.1, -0.05) is 40.2 Å². The van der Waals surface area contributed by atoms with Gasteiger partial charge in [-0.25, -0.2) is 4.39 Å². The first kappa shape index (κ1) is 21.9. The zero-order valence-corrected chi connectivity index (χ0v) is 19.2. The third-order valence-electron chi connectivity index (χ3n) is 6.09. The van der Waals surface area contributed by atoms with Crippen LogP contribution in [0.15, 0.2) is 65.1 Å². The molecule has 0 unspecified atom stereocenters. The Morgan fingerprint density at radius 3 is 2.35 bits per heavy atom. The van der Waals surface area contributed by atoms with Crippen LogP contribution in [0.3, 0.4) is 0 Å². The number of nitro benzene ring substituents is 1. The van der Waals surface area contributed by atoms with Gasteiger partial charge in [-0.2, -0.15) is 0 Å². The van der Waals surface area contributed by atoms with Gasteiger partial charge in [-0.3, -0.25) is 29.4 Å². The van der Waals surface area contributed by atoms with Gasteiger partial charge in [-0.05, 0) is 48.4 Å². The molecular formula is C24H15BrFN3O5. The van der Waals surface area contributed by atoms with Gasteiger partial charge in [0.1, 0.15) is 17.4 Å². The molecule has 2 aliphatic rings. The maximum absolute atomic E-state index is 14.3. The molecule has 0 aliphatic carbocycles. The van der Waals surface area contributed by atoms with Crippen LogP contribution in [0.25, 0.3) is 0 Å². The standard InChI is InChI=1S/C24H15BrFN3O5/c1-12-8-9-15(11-17(12)26)27-20(13-4-2-5-14(25)10-13)21(24(27)32)28-22(30)16-6-3-7-18(29(33)34)19(16)23(28)31/h2-11,20-21H,1H3/t20-,21+/m1/s1. The van der Waals surface area contributed by atoms with Gasteiger partial charge in [0.25, 0.3) is 23.4 Å². The summed E-state index contributed by atoms with van der Waals surface area (Å²) in [7, 11) is 0. The van der Waals surface area contributed by atoms with E-state index < -0.39 is 46.2 Å². The summed E-state index contributed by atoms with van der Waals surface area (Å²) in [5.74, 6) is -2.78. The number of amides is 3. The van der Waals surface area contributed by atoms with Gasteiger partial charge in [0.05, 0.1) is 16.5 Å². The fourth-order valence-corrected chi connectivity index (χ4v) is 4.87. The molecule has 2 aliphatic heterocycles. The van der Waals surface area contributed by atoms with Gasteiger partial charge in [-0.15, -0.1) is 0 Å². The van der Waals surface area contributed by atoms with Crippen molar-refractivity contribution in [2.24, 2.45) is 0 Å². The largest absolute Gasteiger partial charge is 0.300 e. The van der Waals surface area contributed by atoms with Crippen molar-refractivity contribution < 1.29 is 23.7 Å². The quantitative estimate of drug-likeness (QED) is 0.216. The number of halogens is 2. The number of fused-ring (bicyclic) bond motifs is 1. The fourth-order valence-electron chi connectivity index (χ4n) is 4.46. The van der Waals surface area contributed by atoms with Crippen LogP contribution in [0.2, 0.25) is 0 Å². The van der Waals surface area contributed by atoms with E-state index in [2.05, 4.69) is 15.9 Å². The van der Waals surface area contributed by atoms with Crippen molar-refractivity contribution in [2.75, 3.05) is 4.90 Å². The molecule has 34 heavy (non-hydrogen) atoms. The third-order valence-corrected chi connectivity index (χ3v) is 6.58. The van der Waals surface area contributed by atoms with E-state index in [4.69, 9.17) is 0 Å². The Hall–Kier alpha value is -3.92. The summed E-state index contributed by atoms with van der Waals surface area (Å²) in [6.45, 7) is 1.59. The minimum Gasteiger partial charge on any atom is -0.300 e. The van der Waals surface area contributed by atoms with E-state index in [-0.39, 0.29) is 16.8 Å². The second-order valence-corrected chi connectivity index (χ2v) is 8.94. The Labute approximate surface area is 200 Å². The molecule has 3 aromatic carbocycles. The van der Waals surface area contributed by atoms with E-state index in [1.807, 2.05) is 0 Å². The van der Waals surface area contributed by atoms with Crippen molar-refractivity contribution in [1.29, 1.82) is 0 Å². The van der Waals surface area contributed by atoms with E-state index in [1.165, 1.54) is 29.2 Å². The van der Waals surface area contributed by atoms with Crippen LogP contribution in [0.1, 0.15) is 37.9 Å². The lowest BCUT2D eigenvalue weighted by atomic mass is 9.86. The molecule has 3 aromatic rings. The highest BCUT2D eigenvalue weighted by atomic mass is 79.9. The van der Waals surface area contributed by atoms with E-state index in [9.17, 15) is 28.9 Å². The normalized spacial score (nSPS) is 19.3. The molecule has 10 heteroatoms. The molecule has 0 bridgehead atoms. The number of hydrogen-bond acceptors (Lipinski definition) is 5. The molecule has 170 valence electrons. The highest BCUT2D eigenvalue weighted by molar-refractivity contribution is 9.10. The molecule has 3 amide bonds. The minimum absolute atomic E-state index is 0.125. The third kappa shape index (κ3) is 3.13. The van der Waals surface area contributed by atoms with Gasteiger partial charge >= 0.3 is 0 Å².